The SMILES string of the molecule is COC(=O)[C@H](Cc1ccccc1)NC(=O)[C@H](CC(=O)O)NC(=O)Cc1ccccc1. The Morgan fingerprint density at radius 3 is 1.97 bits per heavy atom. The number of carbonyl (C=O) groups is 4. The summed E-state index contributed by atoms with van der Waals surface area (Å²) in [7, 11) is 1.20. The van der Waals surface area contributed by atoms with Crippen molar-refractivity contribution < 1.29 is 29.0 Å². The van der Waals surface area contributed by atoms with Crippen LogP contribution in [-0.4, -0.2) is 48.1 Å². The zero-order valence-corrected chi connectivity index (χ0v) is 16.5. The van der Waals surface area contributed by atoms with E-state index >= 15 is 0 Å². The number of carbonyl (C=O) groups excluding carboxylic acids is 3. The minimum Gasteiger partial charge on any atom is -0.481 e. The minimum atomic E-state index is -1.33. The molecule has 0 aliphatic carbocycles. The number of carboxylic acids is 1. The quantitative estimate of drug-likeness (QED) is 0.502. The molecule has 0 spiro atoms. The van der Waals surface area contributed by atoms with E-state index in [4.69, 9.17) is 9.84 Å². The van der Waals surface area contributed by atoms with Crippen LogP contribution in [0.1, 0.15) is 17.5 Å². The number of nitrogens with one attached hydrogen (secondary N) is 2. The lowest BCUT2D eigenvalue weighted by Gasteiger charge is -2.21. The Labute approximate surface area is 174 Å². The van der Waals surface area contributed by atoms with Crippen LogP contribution in [0.5, 0.6) is 0 Å². The van der Waals surface area contributed by atoms with Crippen LogP contribution in [-0.2, 0) is 36.8 Å². The molecule has 0 saturated carbocycles. The van der Waals surface area contributed by atoms with E-state index in [9.17, 15) is 19.2 Å². The fraction of sp³-hybridized carbons (Fsp3) is 0.273. The lowest BCUT2D eigenvalue weighted by atomic mass is 10.0. The third kappa shape index (κ3) is 7.38. The summed E-state index contributed by atoms with van der Waals surface area (Å²) in [5, 5.41) is 14.1. The molecular formula is C22H24N2O6. The summed E-state index contributed by atoms with van der Waals surface area (Å²) in [6, 6.07) is 15.5. The lowest BCUT2D eigenvalue weighted by Crippen LogP contribution is -2.53. The van der Waals surface area contributed by atoms with Gasteiger partial charge in [-0.05, 0) is 11.1 Å². The predicted molar refractivity (Wildman–Crippen MR) is 108 cm³/mol. The molecule has 2 rings (SSSR count). The fourth-order valence-corrected chi connectivity index (χ4v) is 2.87. The number of aliphatic carboxylic acids is 1. The molecular weight excluding hydrogens is 388 g/mol. The van der Waals surface area contributed by atoms with Crippen molar-refractivity contribution in [2.75, 3.05) is 7.11 Å². The first-order valence-electron chi connectivity index (χ1n) is 9.36. The molecule has 0 heterocycles. The molecule has 0 fully saturated rings. The van der Waals surface area contributed by atoms with Crippen molar-refractivity contribution in [1.82, 2.24) is 10.6 Å². The first-order valence-corrected chi connectivity index (χ1v) is 9.36. The van der Waals surface area contributed by atoms with Crippen LogP contribution in [0.25, 0.3) is 0 Å². The van der Waals surface area contributed by atoms with Crippen molar-refractivity contribution in [1.29, 1.82) is 0 Å². The first kappa shape index (κ1) is 22.6. The molecule has 0 radical (unpaired) electrons. The second-order valence-electron chi connectivity index (χ2n) is 6.65. The van der Waals surface area contributed by atoms with Gasteiger partial charge in [-0.15, -0.1) is 0 Å². The van der Waals surface area contributed by atoms with Crippen molar-refractivity contribution in [3.63, 3.8) is 0 Å². The Balaban J connectivity index is 2.08. The number of ether oxygens (including phenoxy) is 1. The van der Waals surface area contributed by atoms with Gasteiger partial charge in [0.15, 0.2) is 0 Å². The maximum absolute atomic E-state index is 12.7. The minimum absolute atomic E-state index is 0.00527. The van der Waals surface area contributed by atoms with Crippen LogP contribution in [0.2, 0.25) is 0 Å². The standard InChI is InChI=1S/C22H24N2O6/c1-30-22(29)18(12-15-8-4-2-5-9-15)24-21(28)17(14-20(26)27)23-19(25)13-16-10-6-3-7-11-16/h2-11,17-18H,12-14H2,1H3,(H,23,25)(H,24,28)(H,26,27)/t17-,18-/m0/s1. The van der Waals surface area contributed by atoms with Crippen molar-refractivity contribution in [3.05, 3.63) is 71.8 Å². The zero-order chi connectivity index (χ0) is 21.9. The van der Waals surface area contributed by atoms with E-state index < -0.39 is 42.3 Å². The summed E-state index contributed by atoms with van der Waals surface area (Å²) in [4.78, 5) is 48.3. The topological polar surface area (TPSA) is 122 Å². The van der Waals surface area contributed by atoms with Crippen LogP contribution < -0.4 is 10.6 Å². The summed E-state index contributed by atoms with van der Waals surface area (Å²) in [6.45, 7) is 0. The van der Waals surface area contributed by atoms with Gasteiger partial charge in [0.2, 0.25) is 11.8 Å². The van der Waals surface area contributed by atoms with Crippen LogP contribution in [0.4, 0.5) is 0 Å². The van der Waals surface area contributed by atoms with E-state index in [-0.39, 0.29) is 12.8 Å². The van der Waals surface area contributed by atoms with E-state index in [1.165, 1.54) is 7.11 Å². The van der Waals surface area contributed by atoms with E-state index in [1.54, 1.807) is 48.5 Å². The van der Waals surface area contributed by atoms with Crippen LogP contribution in [0, 0.1) is 0 Å². The van der Waals surface area contributed by atoms with E-state index in [0.29, 0.717) is 0 Å². The van der Waals surface area contributed by atoms with Gasteiger partial charge in [0.25, 0.3) is 0 Å². The van der Waals surface area contributed by atoms with Crippen LogP contribution in [0.3, 0.4) is 0 Å². The Morgan fingerprint density at radius 1 is 0.867 bits per heavy atom. The van der Waals surface area contributed by atoms with E-state index in [2.05, 4.69) is 10.6 Å². The number of rotatable bonds is 10. The molecule has 3 N–H and O–H groups in total. The molecule has 30 heavy (non-hydrogen) atoms. The van der Waals surface area contributed by atoms with Crippen molar-refractivity contribution in [2.45, 2.75) is 31.3 Å². The van der Waals surface area contributed by atoms with Gasteiger partial charge in [-0.1, -0.05) is 60.7 Å². The molecule has 8 heteroatoms. The largest absolute Gasteiger partial charge is 0.481 e. The second kappa shape index (κ2) is 11.4. The molecule has 2 aromatic rings. The number of hydrogen-bond donors (Lipinski definition) is 3. The molecule has 0 bridgehead atoms. The molecule has 0 aliphatic heterocycles. The van der Waals surface area contributed by atoms with Gasteiger partial charge in [0.1, 0.15) is 12.1 Å². The molecule has 2 aromatic carbocycles. The molecule has 8 nitrogen and oxygen atoms in total. The summed E-state index contributed by atoms with van der Waals surface area (Å²) in [6.07, 6.45) is -0.461. The van der Waals surface area contributed by atoms with E-state index in [0.717, 1.165) is 11.1 Å². The zero-order valence-electron chi connectivity index (χ0n) is 16.5. The third-order valence-corrected chi connectivity index (χ3v) is 4.32. The lowest BCUT2D eigenvalue weighted by molar-refractivity contribution is -0.145. The molecule has 158 valence electrons. The van der Waals surface area contributed by atoms with E-state index in [1.807, 2.05) is 12.1 Å². The number of esters is 1. The summed E-state index contributed by atoms with van der Waals surface area (Å²) >= 11 is 0. The smallest absolute Gasteiger partial charge is 0.328 e. The van der Waals surface area contributed by atoms with Gasteiger partial charge in [0.05, 0.1) is 20.0 Å². The average Bonchev–Trinajstić information content (AvgIpc) is 2.73. The van der Waals surface area contributed by atoms with Crippen molar-refractivity contribution >= 4 is 23.8 Å². The Morgan fingerprint density at radius 2 is 1.43 bits per heavy atom. The maximum Gasteiger partial charge on any atom is 0.328 e. The van der Waals surface area contributed by atoms with Gasteiger partial charge in [-0.25, -0.2) is 4.79 Å². The Hall–Kier alpha value is -3.68. The Bertz CT molecular complexity index is 870. The van der Waals surface area contributed by atoms with Gasteiger partial charge >= 0.3 is 11.9 Å². The van der Waals surface area contributed by atoms with Gasteiger partial charge in [-0.2, -0.15) is 0 Å². The average molecular weight is 412 g/mol. The first-order chi connectivity index (χ1) is 14.4. The number of methoxy groups -OCH3 is 1. The van der Waals surface area contributed by atoms with Crippen molar-refractivity contribution in [2.24, 2.45) is 0 Å². The fourth-order valence-electron chi connectivity index (χ4n) is 2.87. The van der Waals surface area contributed by atoms with Gasteiger partial charge < -0.3 is 20.5 Å². The monoisotopic (exact) mass is 412 g/mol. The molecule has 0 aliphatic rings. The normalized spacial score (nSPS) is 12.3. The van der Waals surface area contributed by atoms with Gasteiger partial charge in [0, 0.05) is 6.42 Å². The number of amides is 2. The molecule has 2 amide bonds. The van der Waals surface area contributed by atoms with Gasteiger partial charge in [-0.3, -0.25) is 14.4 Å². The highest BCUT2D eigenvalue weighted by Gasteiger charge is 2.29. The highest BCUT2D eigenvalue weighted by molar-refractivity contribution is 5.93. The molecule has 0 unspecified atom stereocenters. The maximum atomic E-state index is 12.7. The second-order valence-corrected chi connectivity index (χ2v) is 6.65. The van der Waals surface area contributed by atoms with Crippen LogP contribution >= 0.6 is 0 Å². The summed E-state index contributed by atoms with van der Waals surface area (Å²) in [5.41, 5.74) is 1.51. The van der Waals surface area contributed by atoms with Crippen LogP contribution in [0.15, 0.2) is 60.7 Å². The van der Waals surface area contributed by atoms with Crippen molar-refractivity contribution in [3.8, 4) is 0 Å². The number of carboxylic acid groups (broad SMARTS) is 1. The Kier molecular flexibility index (Phi) is 8.56. The number of benzene rings is 2. The summed E-state index contributed by atoms with van der Waals surface area (Å²) in [5.74, 6) is -3.20. The summed E-state index contributed by atoms with van der Waals surface area (Å²) < 4.78 is 4.75. The highest BCUT2D eigenvalue weighted by atomic mass is 16.5. The molecule has 2 atom stereocenters. The molecule has 0 saturated heterocycles. The third-order valence-electron chi connectivity index (χ3n) is 4.32. The highest BCUT2D eigenvalue weighted by Crippen LogP contribution is 2.06. The predicted octanol–water partition coefficient (Wildman–Crippen LogP) is 1.09. The number of hydrogen-bond acceptors (Lipinski definition) is 5. The molecule has 0 aromatic heterocycles.